The van der Waals surface area contributed by atoms with Gasteiger partial charge in [-0.15, -0.1) is 0 Å². The number of anilines is 1. The first kappa shape index (κ1) is 12.9. The van der Waals surface area contributed by atoms with Crippen molar-refractivity contribution in [2.45, 2.75) is 38.6 Å². The lowest BCUT2D eigenvalue weighted by Gasteiger charge is -2.20. The summed E-state index contributed by atoms with van der Waals surface area (Å²) in [5.41, 5.74) is 1.40. The van der Waals surface area contributed by atoms with E-state index in [1.54, 1.807) is 12.3 Å². The van der Waals surface area contributed by atoms with E-state index in [-0.39, 0.29) is 11.9 Å². The monoisotopic (exact) mass is 247 g/mol. The summed E-state index contributed by atoms with van der Waals surface area (Å²) in [6.07, 6.45) is 6.72. The van der Waals surface area contributed by atoms with Crippen molar-refractivity contribution in [1.82, 2.24) is 10.3 Å². The van der Waals surface area contributed by atoms with Crippen molar-refractivity contribution in [3.8, 4) is 0 Å². The number of hydrogen-bond acceptors (Lipinski definition) is 3. The number of rotatable bonds is 4. The largest absolute Gasteiger partial charge is 0.387 e. The van der Waals surface area contributed by atoms with Crippen LogP contribution in [0.1, 0.15) is 43.1 Å². The van der Waals surface area contributed by atoms with Crippen LogP contribution >= 0.6 is 0 Å². The molecule has 1 aliphatic carbocycles. The summed E-state index contributed by atoms with van der Waals surface area (Å²) in [5.74, 6) is 0.558. The van der Waals surface area contributed by atoms with Crippen LogP contribution < -0.4 is 10.6 Å². The van der Waals surface area contributed by atoms with E-state index in [2.05, 4.69) is 22.5 Å². The minimum atomic E-state index is -0.0722. The number of nitrogens with one attached hydrogen (secondary N) is 2. The minimum Gasteiger partial charge on any atom is -0.387 e. The van der Waals surface area contributed by atoms with Crippen molar-refractivity contribution in [1.29, 1.82) is 0 Å². The Hall–Kier alpha value is -1.58. The molecule has 0 spiro atoms. The Morgan fingerprint density at radius 2 is 2.11 bits per heavy atom. The lowest BCUT2D eigenvalue weighted by atomic mass is 10.00. The van der Waals surface area contributed by atoms with E-state index in [4.69, 9.17) is 0 Å². The first-order chi connectivity index (χ1) is 8.70. The Kier molecular flexibility index (Phi) is 4.18. The molecule has 1 unspecified atom stereocenters. The van der Waals surface area contributed by atoms with Crippen LogP contribution in [-0.4, -0.2) is 24.0 Å². The highest BCUT2D eigenvalue weighted by Crippen LogP contribution is 2.27. The maximum Gasteiger partial charge on any atom is 0.270 e. The third kappa shape index (κ3) is 3.00. The summed E-state index contributed by atoms with van der Waals surface area (Å²) in [7, 11) is 1.83. The van der Waals surface area contributed by atoms with Crippen LogP contribution in [0.4, 0.5) is 5.69 Å². The number of carbonyl (C=O) groups is 1. The average molecular weight is 247 g/mol. The first-order valence-corrected chi connectivity index (χ1v) is 6.65. The molecule has 1 heterocycles. The number of amides is 1. The SMILES string of the molecule is CNc1ccc(C(=O)NC(C)C2CCCC2)nc1. The minimum absolute atomic E-state index is 0.0722. The lowest BCUT2D eigenvalue weighted by molar-refractivity contribution is 0.0922. The summed E-state index contributed by atoms with van der Waals surface area (Å²) in [6, 6.07) is 3.86. The molecule has 1 aromatic rings. The van der Waals surface area contributed by atoms with Gasteiger partial charge in [-0.25, -0.2) is 4.98 Å². The standard InChI is InChI=1S/C14H21N3O/c1-10(11-5-3-4-6-11)17-14(18)13-8-7-12(15-2)9-16-13/h7-11,15H,3-6H2,1-2H3,(H,17,18). The van der Waals surface area contributed by atoms with Crippen LogP contribution in [0.5, 0.6) is 0 Å². The normalized spacial score (nSPS) is 17.4. The zero-order valence-electron chi connectivity index (χ0n) is 11.1. The third-order valence-corrected chi connectivity index (χ3v) is 3.75. The first-order valence-electron chi connectivity index (χ1n) is 6.65. The van der Waals surface area contributed by atoms with Gasteiger partial charge in [0.1, 0.15) is 5.69 Å². The molecule has 0 aromatic carbocycles. The van der Waals surface area contributed by atoms with Gasteiger partial charge in [0.25, 0.3) is 5.91 Å². The highest BCUT2D eigenvalue weighted by Gasteiger charge is 2.23. The molecule has 4 heteroatoms. The second-order valence-electron chi connectivity index (χ2n) is 4.99. The molecule has 2 N–H and O–H groups in total. The van der Waals surface area contributed by atoms with E-state index in [0.29, 0.717) is 11.6 Å². The van der Waals surface area contributed by atoms with E-state index in [9.17, 15) is 4.79 Å². The molecule has 1 saturated carbocycles. The van der Waals surface area contributed by atoms with Crippen molar-refractivity contribution >= 4 is 11.6 Å². The van der Waals surface area contributed by atoms with Crippen molar-refractivity contribution in [2.75, 3.05) is 12.4 Å². The lowest BCUT2D eigenvalue weighted by Crippen LogP contribution is -2.37. The number of carbonyl (C=O) groups excluding carboxylic acids is 1. The quantitative estimate of drug-likeness (QED) is 0.859. The fraction of sp³-hybridized carbons (Fsp3) is 0.571. The number of hydrogen-bond donors (Lipinski definition) is 2. The van der Waals surface area contributed by atoms with Gasteiger partial charge in [0, 0.05) is 13.1 Å². The highest BCUT2D eigenvalue weighted by atomic mass is 16.1. The van der Waals surface area contributed by atoms with Crippen molar-refractivity contribution in [3.05, 3.63) is 24.0 Å². The van der Waals surface area contributed by atoms with Crippen molar-refractivity contribution in [2.24, 2.45) is 5.92 Å². The van der Waals surface area contributed by atoms with Gasteiger partial charge in [-0.2, -0.15) is 0 Å². The molecule has 2 rings (SSSR count). The van der Waals surface area contributed by atoms with Gasteiger partial charge < -0.3 is 10.6 Å². The maximum absolute atomic E-state index is 12.0. The Morgan fingerprint density at radius 1 is 1.39 bits per heavy atom. The van der Waals surface area contributed by atoms with E-state index < -0.39 is 0 Å². The summed E-state index contributed by atoms with van der Waals surface area (Å²) < 4.78 is 0. The molecule has 1 fully saturated rings. The van der Waals surface area contributed by atoms with Gasteiger partial charge in [-0.05, 0) is 37.8 Å². The number of aromatic nitrogens is 1. The zero-order valence-corrected chi connectivity index (χ0v) is 11.1. The number of pyridine rings is 1. The van der Waals surface area contributed by atoms with Crippen LogP contribution in [0.3, 0.4) is 0 Å². The van der Waals surface area contributed by atoms with Crippen LogP contribution in [0.15, 0.2) is 18.3 Å². The second kappa shape index (κ2) is 5.85. The predicted molar refractivity (Wildman–Crippen MR) is 72.7 cm³/mol. The van der Waals surface area contributed by atoms with Crippen molar-refractivity contribution < 1.29 is 4.79 Å². The Balaban J connectivity index is 1.93. The molecule has 1 aliphatic rings. The molecule has 1 amide bonds. The van der Waals surface area contributed by atoms with Gasteiger partial charge >= 0.3 is 0 Å². The molecule has 0 aliphatic heterocycles. The fourth-order valence-corrected chi connectivity index (χ4v) is 2.53. The Morgan fingerprint density at radius 3 is 2.67 bits per heavy atom. The molecule has 4 nitrogen and oxygen atoms in total. The van der Waals surface area contributed by atoms with Crippen molar-refractivity contribution in [3.63, 3.8) is 0 Å². The highest BCUT2D eigenvalue weighted by molar-refractivity contribution is 5.92. The van der Waals surface area contributed by atoms with Gasteiger partial charge in [0.15, 0.2) is 0 Å². The predicted octanol–water partition coefficient (Wildman–Crippen LogP) is 2.43. The molecular formula is C14H21N3O. The molecule has 0 radical (unpaired) electrons. The molecule has 1 aromatic heterocycles. The molecule has 98 valence electrons. The Labute approximate surface area is 108 Å². The molecular weight excluding hydrogens is 226 g/mol. The smallest absolute Gasteiger partial charge is 0.270 e. The van der Waals surface area contributed by atoms with E-state index in [1.165, 1.54) is 25.7 Å². The van der Waals surface area contributed by atoms with Gasteiger partial charge in [-0.1, -0.05) is 12.8 Å². The Bertz CT molecular complexity index is 396. The topological polar surface area (TPSA) is 54.0 Å². The zero-order chi connectivity index (χ0) is 13.0. The summed E-state index contributed by atoms with van der Waals surface area (Å²) in [4.78, 5) is 16.2. The maximum atomic E-state index is 12.0. The van der Waals surface area contributed by atoms with Gasteiger partial charge in [-0.3, -0.25) is 4.79 Å². The van der Waals surface area contributed by atoms with E-state index in [1.807, 2.05) is 13.1 Å². The summed E-state index contributed by atoms with van der Waals surface area (Å²) in [6.45, 7) is 2.09. The molecule has 18 heavy (non-hydrogen) atoms. The van der Waals surface area contributed by atoms with Gasteiger partial charge in [0.05, 0.1) is 11.9 Å². The molecule has 0 saturated heterocycles. The van der Waals surface area contributed by atoms with Crippen LogP contribution in [0, 0.1) is 5.92 Å². The summed E-state index contributed by atoms with van der Waals surface area (Å²) >= 11 is 0. The molecule has 0 bridgehead atoms. The van der Waals surface area contributed by atoms with Crippen LogP contribution in [-0.2, 0) is 0 Å². The van der Waals surface area contributed by atoms with Crippen LogP contribution in [0.25, 0.3) is 0 Å². The van der Waals surface area contributed by atoms with E-state index >= 15 is 0 Å². The van der Waals surface area contributed by atoms with Crippen LogP contribution in [0.2, 0.25) is 0 Å². The number of nitrogens with zero attached hydrogens (tertiary/aromatic N) is 1. The van der Waals surface area contributed by atoms with Gasteiger partial charge in [0.2, 0.25) is 0 Å². The third-order valence-electron chi connectivity index (χ3n) is 3.75. The summed E-state index contributed by atoms with van der Waals surface area (Å²) in [5, 5.41) is 6.04. The van der Waals surface area contributed by atoms with E-state index in [0.717, 1.165) is 5.69 Å². The fourth-order valence-electron chi connectivity index (χ4n) is 2.53. The molecule has 1 atom stereocenters. The average Bonchev–Trinajstić information content (AvgIpc) is 2.92. The second-order valence-corrected chi connectivity index (χ2v) is 4.99.